The molecule has 0 bridgehead atoms. The summed E-state index contributed by atoms with van der Waals surface area (Å²) < 4.78 is 36.6. The van der Waals surface area contributed by atoms with E-state index in [1.807, 2.05) is 13.8 Å². The summed E-state index contributed by atoms with van der Waals surface area (Å²) in [6.07, 6.45) is -4.31. The third-order valence-electron chi connectivity index (χ3n) is 2.05. The number of hydrogen-bond donors (Lipinski definition) is 0. The monoisotopic (exact) mass is 212 g/mol. The van der Waals surface area contributed by atoms with Gasteiger partial charge in [0, 0.05) is 11.7 Å². The predicted molar refractivity (Wildman–Crippen MR) is 45.7 cm³/mol. The lowest BCUT2D eigenvalue weighted by atomic mass is 10.0. The topological polar surface area (TPSA) is 17.1 Å². The molecular formula is C8H11F3OS. The Morgan fingerprint density at radius 1 is 1.46 bits per heavy atom. The molecule has 5 heteroatoms. The second-order valence-corrected chi connectivity index (χ2v) is 4.86. The van der Waals surface area contributed by atoms with Crippen LogP contribution in [-0.4, -0.2) is 22.5 Å². The van der Waals surface area contributed by atoms with Gasteiger partial charge in [-0.2, -0.15) is 13.2 Å². The molecule has 1 fully saturated rings. The Hall–Kier alpha value is -0.190. The summed E-state index contributed by atoms with van der Waals surface area (Å²) in [5.41, 5.74) is 0. The third kappa shape index (κ3) is 2.39. The van der Waals surface area contributed by atoms with Gasteiger partial charge in [0.1, 0.15) is 0 Å². The molecule has 0 aromatic carbocycles. The van der Waals surface area contributed by atoms with Gasteiger partial charge in [0.25, 0.3) is 0 Å². The highest BCUT2D eigenvalue weighted by molar-refractivity contribution is 8.01. The molecule has 1 aliphatic heterocycles. The smallest absolute Gasteiger partial charge is 0.298 e. The summed E-state index contributed by atoms with van der Waals surface area (Å²) in [6, 6.07) is 0. The summed E-state index contributed by atoms with van der Waals surface area (Å²) in [5, 5.41) is -1.95. The molecule has 1 heterocycles. The Balaban J connectivity index is 2.67. The number of rotatable bonds is 1. The van der Waals surface area contributed by atoms with Crippen LogP contribution in [0.2, 0.25) is 0 Å². The molecule has 0 spiro atoms. The molecule has 0 aromatic rings. The largest absolute Gasteiger partial charge is 0.407 e. The van der Waals surface area contributed by atoms with Gasteiger partial charge in [0.05, 0.1) is 0 Å². The summed E-state index contributed by atoms with van der Waals surface area (Å²) in [7, 11) is 0. The van der Waals surface area contributed by atoms with E-state index in [0.29, 0.717) is 0 Å². The van der Waals surface area contributed by atoms with Gasteiger partial charge in [-0.25, -0.2) is 0 Å². The van der Waals surface area contributed by atoms with Gasteiger partial charge in [-0.15, -0.1) is 11.8 Å². The van der Waals surface area contributed by atoms with Gasteiger partial charge in [0.15, 0.2) is 11.0 Å². The average molecular weight is 212 g/mol. The Labute approximate surface area is 79.1 Å². The Morgan fingerprint density at radius 3 is 2.23 bits per heavy atom. The molecule has 1 aliphatic rings. The molecule has 1 saturated heterocycles. The molecule has 0 aliphatic carbocycles. The van der Waals surface area contributed by atoms with Crippen LogP contribution in [0.4, 0.5) is 13.2 Å². The van der Waals surface area contributed by atoms with E-state index in [9.17, 15) is 18.0 Å². The minimum atomic E-state index is -4.37. The van der Waals surface area contributed by atoms with E-state index >= 15 is 0 Å². The van der Waals surface area contributed by atoms with E-state index in [-0.39, 0.29) is 17.6 Å². The van der Waals surface area contributed by atoms with Crippen molar-refractivity contribution in [3.63, 3.8) is 0 Å². The van der Waals surface area contributed by atoms with Crippen molar-refractivity contribution in [2.75, 3.05) is 0 Å². The molecule has 1 nitrogen and oxygen atoms in total. The van der Waals surface area contributed by atoms with E-state index in [4.69, 9.17) is 0 Å². The fraction of sp³-hybridized carbons (Fsp3) is 0.875. The lowest BCUT2D eigenvalue weighted by Gasteiger charge is -2.15. The maximum Gasteiger partial charge on any atom is 0.407 e. The first kappa shape index (κ1) is 10.9. The Kier molecular flexibility index (Phi) is 2.95. The van der Waals surface area contributed by atoms with Crippen LogP contribution in [0.5, 0.6) is 0 Å². The Morgan fingerprint density at radius 2 is 2.00 bits per heavy atom. The van der Waals surface area contributed by atoms with Crippen molar-refractivity contribution in [3.8, 4) is 0 Å². The number of carbonyl (C=O) groups excluding carboxylic acids is 1. The number of thioether (sulfide) groups is 1. The van der Waals surface area contributed by atoms with Crippen molar-refractivity contribution in [3.05, 3.63) is 0 Å². The van der Waals surface area contributed by atoms with Gasteiger partial charge < -0.3 is 0 Å². The number of alkyl halides is 3. The molecule has 13 heavy (non-hydrogen) atoms. The number of ketones is 1. The number of hydrogen-bond acceptors (Lipinski definition) is 2. The van der Waals surface area contributed by atoms with Crippen LogP contribution in [0.25, 0.3) is 0 Å². The van der Waals surface area contributed by atoms with Crippen molar-refractivity contribution in [1.82, 2.24) is 0 Å². The maximum absolute atomic E-state index is 12.2. The number of halogens is 3. The van der Waals surface area contributed by atoms with E-state index in [0.717, 1.165) is 11.8 Å². The van der Waals surface area contributed by atoms with Crippen LogP contribution in [0.3, 0.4) is 0 Å². The SMILES string of the molecule is CC(C)C1CC(=O)C(C(F)(F)F)S1. The van der Waals surface area contributed by atoms with Crippen LogP contribution in [0.1, 0.15) is 20.3 Å². The Bertz CT molecular complexity index is 212. The van der Waals surface area contributed by atoms with E-state index < -0.39 is 17.2 Å². The van der Waals surface area contributed by atoms with Crippen LogP contribution in [-0.2, 0) is 4.79 Å². The standard InChI is InChI=1S/C8H11F3OS/c1-4(2)6-3-5(12)7(13-6)8(9,10)11/h4,6-7H,3H2,1-2H3. The van der Waals surface area contributed by atoms with Gasteiger partial charge in [-0.3, -0.25) is 4.79 Å². The minimum absolute atomic E-state index is 0.0620. The number of carbonyl (C=O) groups is 1. The fourth-order valence-electron chi connectivity index (χ4n) is 1.26. The molecule has 1 rings (SSSR count). The van der Waals surface area contributed by atoms with E-state index in [2.05, 4.69) is 0 Å². The first-order valence-electron chi connectivity index (χ1n) is 4.07. The molecule has 0 saturated carbocycles. The van der Waals surface area contributed by atoms with E-state index in [1.54, 1.807) is 0 Å². The van der Waals surface area contributed by atoms with Crippen LogP contribution < -0.4 is 0 Å². The summed E-state index contributed by atoms with van der Waals surface area (Å²) >= 11 is 0.759. The highest BCUT2D eigenvalue weighted by atomic mass is 32.2. The molecule has 0 amide bonds. The third-order valence-corrected chi connectivity index (χ3v) is 3.91. The fourth-order valence-corrected chi connectivity index (χ4v) is 2.58. The van der Waals surface area contributed by atoms with Gasteiger partial charge in [-0.05, 0) is 5.92 Å². The second-order valence-electron chi connectivity index (χ2n) is 3.51. The molecule has 2 atom stereocenters. The molecular weight excluding hydrogens is 201 g/mol. The molecule has 0 radical (unpaired) electrons. The van der Waals surface area contributed by atoms with Crippen molar-refractivity contribution in [2.45, 2.75) is 36.9 Å². The first-order valence-corrected chi connectivity index (χ1v) is 5.01. The highest BCUT2D eigenvalue weighted by Crippen LogP contribution is 2.43. The van der Waals surface area contributed by atoms with Crippen molar-refractivity contribution < 1.29 is 18.0 Å². The molecule has 0 aromatic heterocycles. The zero-order valence-corrected chi connectivity index (χ0v) is 8.21. The normalized spacial score (nSPS) is 30.2. The van der Waals surface area contributed by atoms with Gasteiger partial charge >= 0.3 is 6.18 Å². The lowest BCUT2D eigenvalue weighted by Crippen LogP contribution is -2.29. The zero-order valence-electron chi connectivity index (χ0n) is 7.39. The predicted octanol–water partition coefficient (Wildman–Crippen LogP) is 2.65. The quantitative estimate of drug-likeness (QED) is 0.664. The van der Waals surface area contributed by atoms with Gasteiger partial charge in [0.2, 0.25) is 0 Å². The average Bonchev–Trinajstić information content (AvgIpc) is 2.29. The van der Waals surface area contributed by atoms with Gasteiger partial charge in [-0.1, -0.05) is 13.8 Å². The molecule has 76 valence electrons. The maximum atomic E-state index is 12.2. The zero-order chi connectivity index (χ0) is 10.2. The number of Topliss-reactive ketones (excluding diaryl/α,β-unsaturated/α-hetero) is 1. The summed E-state index contributed by atoms with van der Waals surface area (Å²) in [4.78, 5) is 11.0. The van der Waals surface area contributed by atoms with Crippen LogP contribution in [0, 0.1) is 5.92 Å². The first-order chi connectivity index (χ1) is 5.82. The van der Waals surface area contributed by atoms with Crippen molar-refractivity contribution >= 4 is 17.5 Å². The van der Waals surface area contributed by atoms with Crippen LogP contribution >= 0.6 is 11.8 Å². The lowest BCUT2D eigenvalue weighted by molar-refractivity contribution is -0.147. The van der Waals surface area contributed by atoms with E-state index in [1.165, 1.54) is 0 Å². The summed E-state index contributed by atoms with van der Waals surface area (Å²) in [6.45, 7) is 3.67. The van der Waals surface area contributed by atoms with Crippen molar-refractivity contribution in [1.29, 1.82) is 0 Å². The minimum Gasteiger partial charge on any atom is -0.298 e. The summed E-state index contributed by atoms with van der Waals surface area (Å²) in [5.74, 6) is -0.544. The highest BCUT2D eigenvalue weighted by Gasteiger charge is 2.50. The van der Waals surface area contributed by atoms with Crippen LogP contribution in [0.15, 0.2) is 0 Å². The molecule has 0 N–H and O–H groups in total. The molecule has 2 unspecified atom stereocenters. The second kappa shape index (κ2) is 3.52. The van der Waals surface area contributed by atoms with Crippen molar-refractivity contribution in [2.24, 2.45) is 5.92 Å².